The van der Waals surface area contributed by atoms with Crippen molar-refractivity contribution in [1.82, 2.24) is 4.98 Å². The molecular formula is C8H10BrNO3. The van der Waals surface area contributed by atoms with E-state index in [0.29, 0.717) is 11.4 Å². The van der Waals surface area contributed by atoms with Gasteiger partial charge in [0.25, 0.3) is 0 Å². The van der Waals surface area contributed by atoms with Gasteiger partial charge in [-0.2, -0.15) is 0 Å². The van der Waals surface area contributed by atoms with Crippen molar-refractivity contribution >= 4 is 15.9 Å². The number of hydrogen-bond acceptors (Lipinski definition) is 4. The summed E-state index contributed by atoms with van der Waals surface area (Å²) >= 11 is 3.23. The monoisotopic (exact) mass is 247 g/mol. The first-order chi connectivity index (χ1) is 6.27. The van der Waals surface area contributed by atoms with Gasteiger partial charge >= 0.3 is 0 Å². The van der Waals surface area contributed by atoms with Crippen LogP contribution in [0.3, 0.4) is 0 Å². The number of aliphatic hydroxyl groups excluding tert-OH is 2. The highest BCUT2D eigenvalue weighted by Gasteiger charge is 2.04. The molecule has 0 aliphatic carbocycles. The number of aliphatic hydroxyl groups is 2. The van der Waals surface area contributed by atoms with Crippen LogP contribution in [-0.2, 0) is 6.61 Å². The number of aromatic nitrogens is 1. The third kappa shape index (κ3) is 2.95. The number of ether oxygens (including phenoxy) is 1. The lowest BCUT2D eigenvalue weighted by molar-refractivity contribution is 0.190. The first kappa shape index (κ1) is 10.4. The minimum Gasteiger partial charge on any atom is -0.475 e. The lowest BCUT2D eigenvalue weighted by atomic mass is 10.3. The molecule has 13 heavy (non-hydrogen) atoms. The van der Waals surface area contributed by atoms with Crippen molar-refractivity contribution < 1.29 is 14.9 Å². The lowest BCUT2D eigenvalue weighted by Gasteiger charge is -2.07. The van der Waals surface area contributed by atoms with Crippen molar-refractivity contribution in [1.29, 1.82) is 0 Å². The Hall–Kier alpha value is -0.650. The Morgan fingerprint density at radius 1 is 1.46 bits per heavy atom. The molecule has 1 rings (SSSR count). The summed E-state index contributed by atoms with van der Waals surface area (Å²) in [5.74, 6) is 0.361. The van der Waals surface area contributed by atoms with Gasteiger partial charge in [-0.15, -0.1) is 0 Å². The summed E-state index contributed by atoms with van der Waals surface area (Å²) in [6, 6.07) is 1.72. The summed E-state index contributed by atoms with van der Waals surface area (Å²) in [5, 5.41) is 17.5. The van der Waals surface area contributed by atoms with Crippen LogP contribution in [0.25, 0.3) is 0 Å². The molecule has 0 saturated carbocycles. The molecule has 0 aliphatic heterocycles. The molecule has 0 atom stereocenters. The van der Waals surface area contributed by atoms with Gasteiger partial charge in [-0.1, -0.05) is 0 Å². The quantitative estimate of drug-likeness (QED) is 0.823. The van der Waals surface area contributed by atoms with E-state index < -0.39 is 0 Å². The Kier molecular flexibility index (Phi) is 4.14. The fourth-order valence-electron chi connectivity index (χ4n) is 0.854. The maximum Gasteiger partial charge on any atom is 0.219 e. The van der Waals surface area contributed by atoms with Crippen LogP contribution in [0.15, 0.2) is 16.7 Å². The average Bonchev–Trinajstić information content (AvgIpc) is 2.16. The standard InChI is InChI=1S/C8H10BrNO3/c9-7-3-6(5-12)8(10-4-7)13-2-1-11/h3-4,11-12H,1-2,5H2. The van der Waals surface area contributed by atoms with Gasteiger partial charge in [0.15, 0.2) is 0 Å². The van der Waals surface area contributed by atoms with E-state index in [1.807, 2.05) is 0 Å². The molecule has 72 valence electrons. The van der Waals surface area contributed by atoms with Crippen LogP contribution in [0.5, 0.6) is 5.88 Å². The molecule has 0 amide bonds. The highest BCUT2D eigenvalue weighted by molar-refractivity contribution is 9.10. The van der Waals surface area contributed by atoms with E-state index in [-0.39, 0.29) is 19.8 Å². The van der Waals surface area contributed by atoms with Crippen LogP contribution in [0.4, 0.5) is 0 Å². The predicted molar refractivity (Wildman–Crippen MR) is 50.4 cm³/mol. The smallest absolute Gasteiger partial charge is 0.219 e. The van der Waals surface area contributed by atoms with Crippen molar-refractivity contribution in [3.05, 3.63) is 22.3 Å². The second kappa shape index (κ2) is 5.16. The number of nitrogens with zero attached hydrogens (tertiary/aromatic N) is 1. The fraction of sp³-hybridized carbons (Fsp3) is 0.375. The summed E-state index contributed by atoms with van der Waals surface area (Å²) in [6.45, 7) is -0.0164. The van der Waals surface area contributed by atoms with Crippen LogP contribution >= 0.6 is 15.9 Å². The van der Waals surface area contributed by atoms with Gasteiger partial charge < -0.3 is 14.9 Å². The summed E-state index contributed by atoms with van der Waals surface area (Å²) in [5.41, 5.74) is 0.600. The molecule has 1 aromatic heterocycles. The molecule has 5 heteroatoms. The van der Waals surface area contributed by atoms with Gasteiger partial charge in [0, 0.05) is 16.2 Å². The van der Waals surface area contributed by atoms with Gasteiger partial charge in [-0.05, 0) is 22.0 Å². The zero-order valence-corrected chi connectivity index (χ0v) is 8.49. The van der Waals surface area contributed by atoms with E-state index in [4.69, 9.17) is 14.9 Å². The number of pyridine rings is 1. The second-order valence-electron chi connectivity index (χ2n) is 2.35. The summed E-state index contributed by atoms with van der Waals surface area (Å²) in [4.78, 5) is 3.95. The molecular weight excluding hydrogens is 238 g/mol. The zero-order chi connectivity index (χ0) is 9.68. The zero-order valence-electron chi connectivity index (χ0n) is 6.90. The summed E-state index contributed by atoms with van der Waals surface area (Å²) in [7, 11) is 0. The van der Waals surface area contributed by atoms with Crippen molar-refractivity contribution in [2.24, 2.45) is 0 Å². The molecule has 2 N–H and O–H groups in total. The first-order valence-electron chi connectivity index (χ1n) is 3.77. The molecule has 0 fully saturated rings. The molecule has 0 spiro atoms. The van der Waals surface area contributed by atoms with Crippen molar-refractivity contribution in [2.45, 2.75) is 6.61 Å². The molecule has 0 radical (unpaired) electrons. The third-order valence-corrected chi connectivity index (χ3v) is 1.83. The van der Waals surface area contributed by atoms with E-state index in [2.05, 4.69) is 20.9 Å². The SMILES string of the molecule is OCCOc1ncc(Br)cc1CO. The Balaban J connectivity index is 2.79. The van der Waals surface area contributed by atoms with Gasteiger partial charge in [0.05, 0.1) is 13.2 Å². The highest BCUT2D eigenvalue weighted by atomic mass is 79.9. The van der Waals surface area contributed by atoms with E-state index in [0.717, 1.165) is 4.47 Å². The minimum atomic E-state index is -0.132. The predicted octanol–water partition coefficient (Wildman–Crippen LogP) is 0.708. The first-order valence-corrected chi connectivity index (χ1v) is 4.56. The topological polar surface area (TPSA) is 62.6 Å². The van der Waals surface area contributed by atoms with Crippen LogP contribution in [0.2, 0.25) is 0 Å². The maximum atomic E-state index is 8.94. The molecule has 1 heterocycles. The second-order valence-corrected chi connectivity index (χ2v) is 3.26. The Morgan fingerprint density at radius 3 is 2.85 bits per heavy atom. The van der Waals surface area contributed by atoms with Gasteiger partial charge in [0.1, 0.15) is 6.61 Å². The van der Waals surface area contributed by atoms with Gasteiger partial charge in [-0.3, -0.25) is 0 Å². The molecule has 0 bridgehead atoms. The Morgan fingerprint density at radius 2 is 2.23 bits per heavy atom. The molecule has 0 saturated heterocycles. The van der Waals surface area contributed by atoms with E-state index in [1.54, 1.807) is 12.3 Å². The van der Waals surface area contributed by atoms with Crippen LogP contribution in [-0.4, -0.2) is 28.4 Å². The summed E-state index contributed by atoms with van der Waals surface area (Å²) < 4.78 is 5.88. The third-order valence-electron chi connectivity index (χ3n) is 1.39. The molecule has 0 unspecified atom stereocenters. The van der Waals surface area contributed by atoms with Crippen molar-refractivity contribution in [3.8, 4) is 5.88 Å². The van der Waals surface area contributed by atoms with Crippen LogP contribution < -0.4 is 4.74 Å². The van der Waals surface area contributed by atoms with Gasteiger partial charge in [0.2, 0.25) is 5.88 Å². The molecule has 0 aliphatic rings. The van der Waals surface area contributed by atoms with Gasteiger partial charge in [-0.25, -0.2) is 4.98 Å². The normalized spacial score (nSPS) is 10.1. The van der Waals surface area contributed by atoms with E-state index in [9.17, 15) is 0 Å². The lowest BCUT2D eigenvalue weighted by Crippen LogP contribution is -2.05. The van der Waals surface area contributed by atoms with E-state index in [1.165, 1.54) is 0 Å². The maximum absolute atomic E-state index is 8.94. The molecule has 0 aromatic carbocycles. The summed E-state index contributed by atoms with van der Waals surface area (Å²) in [6.07, 6.45) is 1.58. The highest BCUT2D eigenvalue weighted by Crippen LogP contribution is 2.19. The largest absolute Gasteiger partial charge is 0.475 e. The Labute approximate surface area is 84.3 Å². The average molecular weight is 248 g/mol. The minimum absolute atomic E-state index is 0.0669. The fourth-order valence-corrected chi connectivity index (χ4v) is 1.23. The van der Waals surface area contributed by atoms with Crippen molar-refractivity contribution in [2.75, 3.05) is 13.2 Å². The number of rotatable bonds is 4. The number of hydrogen-bond donors (Lipinski definition) is 2. The number of halogens is 1. The molecule has 1 aromatic rings. The van der Waals surface area contributed by atoms with E-state index >= 15 is 0 Å². The van der Waals surface area contributed by atoms with Crippen LogP contribution in [0, 0.1) is 0 Å². The van der Waals surface area contributed by atoms with Crippen LogP contribution in [0.1, 0.15) is 5.56 Å². The molecule has 4 nitrogen and oxygen atoms in total. The Bertz CT molecular complexity index is 280. The van der Waals surface area contributed by atoms with Crippen molar-refractivity contribution in [3.63, 3.8) is 0 Å².